The zero-order valence-corrected chi connectivity index (χ0v) is 16.4. The number of carbonyl (C=O) groups excluding carboxylic acids is 1. The van der Waals surface area contributed by atoms with Crippen molar-refractivity contribution >= 4 is 5.91 Å². The number of ether oxygens (including phenoxy) is 2. The lowest BCUT2D eigenvalue weighted by atomic mass is 9.96. The average molecular weight is 383 g/mol. The van der Waals surface area contributed by atoms with E-state index in [1.54, 1.807) is 30.6 Å². The minimum atomic E-state index is -0.0801. The van der Waals surface area contributed by atoms with Gasteiger partial charge in [0.2, 0.25) is 0 Å². The molecule has 1 aliphatic heterocycles. The van der Waals surface area contributed by atoms with Crippen molar-refractivity contribution in [3.8, 4) is 11.5 Å². The Morgan fingerprint density at radius 1 is 1.29 bits per heavy atom. The fourth-order valence-corrected chi connectivity index (χ4v) is 3.34. The summed E-state index contributed by atoms with van der Waals surface area (Å²) >= 11 is 0. The number of nitrogens with one attached hydrogen (secondary N) is 2. The summed E-state index contributed by atoms with van der Waals surface area (Å²) in [7, 11) is 0. The number of pyridine rings is 1. The monoisotopic (exact) mass is 383 g/mol. The summed E-state index contributed by atoms with van der Waals surface area (Å²) in [6.45, 7) is 5.66. The molecule has 0 aliphatic carbocycles. The van der Waals surface area contributed by atoms with Crippen LogP contribution in [0.4, 0.5) is 0 Å². The molecule has 1 unspecified atom stereocenters. The Morgan fingerprint density at radius 2 is 2.21 bits per heavy atom. The van der Waals surface area contributed by atoms with Crippen LogP contribution in [0.25, 0.3) is 0 Å². The highest BCUT2D eigenvalue weighted by Gasteiger charge is 2.15. The van der Waals surface area contributed by atoms with Crippen LogP contribution in [0.1, 0.15) is 42.1 Å². The molecule has 6 nitrogen and oxygen atoms in total. The van der Waals surface area contributed by atoms with Crippen LogP contribution in [0.5, 0.6) is 11.5 Å². The minimum Gasteiger partial charge on any atom is -0.490 e. The molecule has 1 amide bonds. The fraction of sp³-hybridized carbons (Fsp3) is 0.455. The third-order valence-electron chi connectivity index (χ3n) is 4.86. The lowest BCUT2D eigenvalue weighted by molar-refractivity contribution is 0.0950. The van der Waals surface area contributed by atoms with Crippen LogP contribution in [0.15, 0.2) is 42.7 Å². The van der Waals surface area contributed by atoms with E-state index in [9.17, 15) is 4.79 Å². The van der Waals surface area contributed by atoms with E-state index in [1.165, 1.54) is 12.8 Å². The Morgan fingerprint density at radius 3 is 2.96 bits per heavy atom. The van der Waals surface area contributed by atoms with Crippen LogP contribution in [-0.4, -0.2) is 37.1 Å². The van der Waals surface area contributed by atoms with Crippen molar-refractivity contribution in [2.75, 3.05) is 26.2 Å². The largest absolute Gasteiger partial charge is 0.490 e. The molecule has 6 heteroatoms. The lowest BCUT2D eigenvalue weighted by Crippen LogP contribution is -2.33. The molecular weight excluding hydrogens is 354 g/mol. The van der Waals surface area contributed by atoms with Crippen molar-refractivity contribution < 1.29 is 14.3 Å². The Balaban J connectivity index is 1.56. The number of amides is 1. The Kier molecular flexibility index (Phi) is 7.67. The Hall–Kier alpha value is -2.60. The molecular formula is C22H29N3O3. The van der Waals surface area contributed by atoms with Gasteiger partial charge in [-0.15, -0.1) is 0 Å². The van der Waals surface area contributed by atoms with Gasteiger partial charge in [-0.1, -0.05) is 6.07 Å². The van der Waals surface area contributed by atoms with E-state index in [2.05, 4.69) is 15.6 Å². The van der Waals surface area contributed by atoms with Crippen molar-refractivity contribution in [2.45, 2.75) is 32.8 Å². The molecule has 0 bridgehead atoms. The number of carbonyl (C=O) groups is 1. The molecule has 1 aromatic heterocycles. The molecule has 1 fully saturated rings. The summed E-state index contributed by atoms with van der Waals surface area (Å²) in [5.41, 5.74) is 1.56. The molecule has 0 spiro atoms. The van der Waals surface area contributed by atoms with Gasteiger partial charge in [0.25, 0.3) is 5.91 Å². The number of piperidine rings is 1. The first-order valence-corrected chi connectivity index (χ1v) is 10.0. The van der Waals surface area contributed by atoms with Crippen LogP contribution >= 0.6 is 0 Å². The molecule has 1 aromatic carbocycles. The van der Waals surface area contributed by atoms with Crippen LogP contribution < -0.4 is 20.1 Å². The maximum atomic E-state index is 12.5. The van der Waals surface area contributed by atoms with Gasteiger partial charge in [0.15, 0.2) is 11.5 Å². The van der Waals surface area contributed by atoms with Crippen molar-refractivity contribution in [1.29, 1.82) is 0 Å². The summed E-state index contributed by atoms with van der Waals surface area (Å²) in [5.74, 6) is 1.77. The molecule has 28 heavy (non-hydrogen) atoms. The van der Waals surface area contributed by atoms with E-state index < -0.39 is 0 Å². The van der Waals surface area contributed by atoms with Gasteiger partial charge < -0.3 is 20.1 Å². The highest BCUT2D eigenvalue weighted by Crippen LogP contribution is 2.29. The van der Waals surface area contributed by atoms with Crippen LogP contribution in [-0.2, 0) is 6.61 Å². The maximum absolute atomic E-state index is 12.5. The van der Waals surface area contributed by atoms with Crippen molar-refractivity contribution in [1.82, 2.24) is 15.6 Å². The van der Waals surface area contributed by atoms with E-state index >= 15 is 0 Å². The van der Waals surface area contributed by atoms with E-state index in [-0.39, 0.29) is 5.91 Å². The smallest absolute Gasteiger partial charge is 0.251 e. The maximum Gasteiger partial charge on any atom is 0.251 e. The number of nitrogens with zero attached hydrogens (tertiary/aromatic N) is 1. The van der Waals surface area contributed by atoms with Gasteiger partial charge in [-0.05, 0) is 69.5 Å². The highest BCUT2D eigenvalue weighted by molar-refractivity contribution is 5.94. The van der Waals surface area contributed by atoms with Crippen LogP contribution in [0.3, 0.4) is 0 Å². The second-order valence-corrected chi connectivity index (χ2v) is 7.00. The normalized spacial score (nSPS) is 16.4. The fourth-order valence-electron chi connectivity index (χ4n) is 3.34. The first-order valence-electron chi connectivity index (χ1n) is 10.0. The van der Waals surface area contributed by atoms with E-state index in [0.29, 0.717) is 42.7 Å². The van der Waals surface area contributed by atoms with E-state index in [4.69, 9.17) is 9.47 Å². The van der Waals surface area contributed by atoms with Gasteiger partial charge in [-0.2, -0.15) is 0 Å². The Labute approximate surface area is 166 Å². The molecule has 0 saturated carbocycles. The SMILES string of the molecule is CCOc1cc(C(=O)NCCC2CCCNC2)ccc1OCc1cccnc1. The van der Waals surface area contributed by atoms with Gasteiger partial charge in [0.05, 0.1) is 6.61 Å². The molecule has 150 valence electrons. The summed E-state index contributed by atoms with van der Waals surface area (Å²) < 4.78 is 11.6. The van der Waals surface area contributed by atoms with Crippen LogP contribution in [0.2, 0.25) is 0 Å². The number of hydrogen-bond acceptors (Lipinski definition) is 5. The summed E-state index contributed by atoms with van der Waals surface area (Å²) in [4.78, 5) is 16.6. The van der Waals surface area contributed by atoms with Gasteiger partial charge in [-0.25, -0.2) is 0 Å². The number of rotatable bonds is 9. The van der Waals surface area contributed by atoms with Gasteiger partial charge in [-0.3, -0.25) is 9.78 Å². The molecule has 3 rings (SSSR count). The van der Waals surface area contributed by atoms with E-state index in [0.717, 1.165) is 25.1 Å². The second kappa shape index (κ2) is 10.7. The van der Waals surface area contributed by atoms with Crippen molar-refractivity contribution in [2.24, 2.45) is 5.92 Å². The first kappa shape index (κ1) is 20.1. The van der Waals surface area contributed by atoms with E-state index in [1.807, 2.05) is 19.1 Å². The quantitative estimate of drug-likeness (QED) is 0.696. The van der Waals surface area contributed by atoms with Gasteiger partial charge in [0, 0.05) is 30.1 Å². The number of aromatic nitrogens is 1. The second-order valence-electron chi connectivity index (χ2n) is 7.00. The van der Waals surface area contributed by atoms with Crippen LogP contribution in [0, 0.1) is 5.92 Å². The topological polar surface area (TPSA) is 72.5 Å². The molecule has 0 radical (unpaired) electrons. The molecule has 1 saturated heterocycles. The molecule has 2 aromatic rings. The zero-order valence-electron chi connectivity index (χ0n) is 16.4. The first-order chi connectivity index (χ1) is 13.8. The highest BCUT2D eigenvalue weighted by atomic mass is 16.5. The minimum absolute atomic E-state index is 0.0801. The van der Waals surface area contributed by atoms with Crippen molar-refractivity contribution in [3.05, 3.63) is 53.9 Å². The lowest BCUT2D eigenvalue weighted by Gasteiger charge is -2.22. The molecule has 1 aliphatic rings. The summed E-state index contributed by atoms with van der Waals surface area (Å²) in [5, 5.41) is 6.43. The Bertz CT molecular complexity index is 746. The third-order valence-corrected chi connectivity index (χ3v) is 4.86. The standard InChI is InChI=1S/C22H29N3O3/c1-2-27-21-13-19(22(26)25-12-9-17-5-3-10-23-14-17)7-8-20(21)28-16-18-6-4-11-24-15-18/h4,6-8,11,13,15,17,23H,2-3,5,9-10,12,14,16H2,1H3,(H,25,26). The molecule has 1 atom stereocenters. The summed E-state index contributed by atoms with van der Waals surface area (Å²) in [6.07, 6.45) is 6.96. The number of hydrogen-bond donors (Lipinski definition) is 2. The van der Waals surface area contributed by atoms with Gasteiger partial charge >= 0.3 is 0 Å². The summed E-state index contributed by atoms with van der Waals surface area (Å²) in [6, 6.07) is 9.15. The molecule has 2 heterocycles. The average Bonchev–Trinajstić information content (AvgIpc) is 2.74. The third kappa shape index (κ3) is 5.96. The van der Waals surface area contributed by atoms with Gasteiger partial charge in [0.1, 0.15) is 6.61 Å². The number of benzene rings is 1. The van der Waals surface area contributed by atoms with Crippen molar-refractivity contribution in [3.63, 3.8) is 0 Å². The molecule has 2 N–H and O–H groups in total. The predicted molar refractivity (Wildman–Crippen MR) is 109 cm³/mol. The zero-order chi connectivity index (χ0) is 19.6. The predicted octanol–water partition coefficient (Wildman–Crippen LogP) is 3.18.